The fourth-order valence-corrected chi connectivity index (χ4v) is 14.2. The molecule has 470 valence electrons. The molecule has 0 unspecified atom stereocenters. The van der Waals surface area contributed by atoms with Gasteiger partial charge in [-0.1, -0.05) is 246 Å². The molecule has 0 fully saturated rings. The summed E-state index contributed by atoms with van der Waals surface area (Å²) in [6.07, 6.45) is 8.86. The van der Waals surface area contributed by atoms with Crippen molar-refractivity contribution in [2.24, 2.45) is 0 Å². The number of hydrogen-bond acceptors (Lipinski definition) is 4. The molecule has 0 saturated heterocycles. The van der Waals surface area contributed by atoms with E-state index in [9.17, 15) is 0 Å². The third kappa shape index (κ3) is 11.7. The molecule has 0 aliphatic rings. The highest BCUT2D eigenvalue weighted by atomic mass is 15.2. The quantitative estimate of drug-likeness (QED) is 0.0543. The average molecular weight is 1260 g/mol. The van der Waals surface area contributed by atoms with Gasteiger partial charge in [-0.2, -0.15) is 0 Å². The van der Waals surface area contributed by atoms with Gasteiger partial charge in [0.1, 0.15) is 0 Å². The minimum Gasteiger partial charge on any atom is -0.311 e. The Morgan fingerprint density at radius 3 is 0.765 bits per heavy atom. The molecule has 0 heterocycles. The van der Waals surface area contributed by atoms with E-state index < -0.39 is 0 Å². The molecule has 0 radical (unpaired) electrons. The molecule has 0 aliphatic heterocycles. The summed E-state index contributed by atoms with van der Waals surface area (Å²) in [7, 11) is 0. The maximum Gasteiger partial charge on any atom is 0.0619 e. The van der Waals surface area contributed by atoms with Crippen LogP contribution in [0.4, 0.5) is 68.2 Å². The molecule has 4 nitrogen and oxygen atoms in total. The van der Waals surface area contributed by atoms with Crippen LogP contribution in [-0.2, 0) is 0 Å². The van der Waals surface area contributed by atoms with Crippen LogP contribution in [0.15, 0.2) is 315 Å². The Balaban J connectivity index is 0.744. The molecule has 0 saturated carbocycles. The van der Waals surface area contributed by atoms with Gasteiger partial charge in [0.2, 0.25) is 0 Å². The molecule has 0 bridgehead atoms. The maximum atomic E-state index is 2.48. The second kappa shape index (κ2) is 25.8. The SMILES string of the molecule is Cc1ccc(N(c2ccc(C)cc2)c2ccc(C=Cc3ccc(N(c4ccc(C)cc4)c4ccc5c6c4cccc6c4cccc6c(N(c7ccc(C)cc7)c7ccc(C=Cc8ccc(N(c9ccc(C)cc9)c9ccc(C)cc9)cc8)cc7)c7ccccc7c5c64)cc3)cc2)cc1. The molecule has 0 aliphatic carbocycles. The van der Waals surface area contributed by atoms with E-state index in [-0.39, 0.29) is 0 Å². The maximum absolute atomic E-state index is 2.48. The van der Waals surface area contributed by atoms with Crippen LogP contribution in [0.2, 0.25) is 0 Å². The van der Waals surface area contributed by atoms with E-state index >= 15 is 0 Å². The van der Waals surface area contributed by atoms with E-state index in [2.05, 4.69) is 401 Å². The summed E-state index contributed by atoms with van der Waals surface area (Å²) < 4.78 is 0. The Bertz CT molecular complexity index is 5510. The van der Waals surface area contributed by atoms with Crippen molar-refractivity contribution in [2.75, 3.05) is 19.6 Å². The highest BCUT2D eigenvalue weighted by molar-refractivity contribution is 6.41. The van der Waals surface area contributed by atoms with Crippen LogP contribution in [0.1, 0.15) is 55.6 Å². The lowest BCUT2D eigenvalue weighted by Gasteiger charge is -2.30. The topological polar surface area (TPSA) is 13.0 Å². The van der Waals surface area contributed by atoms with Crippen molar-refractivity contribution in [3.8, 4) is 0 Å². The van der Waals surface area contributed by atoms with Crippen LogP contribution < -0.4 is 19.6 Å². The summed E-state index contributed by atoms with van der Waals surface area (Å²) >= 11 is 0. The molecule has 98 heavy (non-hydrogen) atoms. The van der Waals surface area contributed by atoms with Gasteiger partial charge in [-0.25, -0.2) is 0 Å². The Morgan fingerprint density at radius 1 is 0.173 bits per heavy atom. The van der Waals surface area contributed by atoms with Crippen molar-refractivity contribution in [3.05, 3.63) is 371 Å². The summed E-state index contributed by atoms with van der Waals surface area (Å²) in [6.45, 7) is 12.9. The number of aryl methyl sites for hydroxylation is 6. The zero-order valence-corrected chi connectivity index (χ0v) is 56.1. The number of rotatable bonds is 16. The zero-order chi connectivity index (χ0) is 66.4. The first-order valence-electron chi connectivity index (χ1n) is 33.9. The fourth-order valence-electron chi connectivity index (χ4n) is 14.2. The van der Waals surface area contributed by atoms with Crippen molar-refractivity contribution in [1.29, 1.82) is 0 Å². The van der Waals surface area contributed by atoms with E-state index in [0.717, 1.165) is 90.5 Å². The van der Waals surface area contributed by atoms with Gasteiger partial charge in [-0.05, 0) is 224 Å². The largest absolute Gasteiger partial charge is 0.311 e. The van der Waals surface area contributed by atoms with Crippen molar-refractivity contribution >= 4 is 146 Å². The molecule has 0 atom stereocenters. The van der Waals surface area contributed by atoms with Crippen LogP contribution >= 0.6 is 0 Å². The van der Waals surface area contributed by atoms with Crippen LogP contribution in [0, 0.1) is 41.5 Å². The predicted octanol–water partition coefficient (Wildman–Crippen LogP) is 27.0. The number of benzene rings is 16. The van der Waals surface area contributed by atoms with Gasteiger partial charge in [0.15, 0.2) is 0 Å². The molecule has 16 aromatic carbocycles. The summed E-state index contributed by atoms with van der Waals surface area (Å²) in [5.41, 5.74) is 25.3. The summed E-state index contributed by atoms with van der Waals surface area (Å²) in [5.74, 6) is 0. The number of fused-ring (bicyclic) bond motifs is 4. The Morgan fingerprint density at radius 2 is 0.418 bits per heavy atom. The minimum atomic E-state index is 1.09. The van der Waals surface area contributed by atoms with Gasteiger partial charge in [0, 0.05) is 78.4 Å². The molecule has 4 heteroatoms. The molecule has 0 spiro atoms. The molecular weight excluding hydrogens is 1190 g/mol. The second-order valence-electron chi connectivity index (χ2n) is 26.2. The second-order valence-corrected chi connectivity index (χ2v) is 26.2. The van der Waals surface area contributed by atoms with Crippen LogP contribution in [0.3, 0.4) is 0 Å². The lowest BCUT2D eigenvalue weighted by Crippen LogP contribution is -2.12. The van der Waals surface area contributed by atoms with E-state index in [1.807, 2.05) is 0 Å². The van der Waals surface area contributed by atoms with Crippen molar-refractivity contribution in [2.45, 2.75) is 41.5 Å². The summed E-state index contributed by atoms with van der Waals surface area (Å²) in [5, 5.41) is 12.3. The first-order chi connectivity index (χ1) is 48.0. The van der Waals surface area contributed by atoms with E-state index in [4.69, 9.17) is 0 Å². The van der Waals surface area contributed by atoms with Crippen LogP contribution in [0.5, 0.6) is 0 Å². The molecule has 0 amide bonds. The predicted molar refractivity (Wildman–Crippen MR) is 423 cm³/mol. The Labute approximate surface area is 575 Å². The number of anilines is 12. The van der Waals surface area contributed by atoms with Gasteiger partial charge in [-0.15, -0.1) is 0 Å². The van der Waals surface area contributed by atoms with Gasteiger partial charge in [-0.3, -0.25) is 0 Å². The van der Waals surface area contributed by atoms with Crippen molar-refractivity contribution < 1.29 is 0 Å². The van der Waals surface area contributed by atoms with E-state index in [0.29, 0.717) is 0 Å². The first kappa shape index (κ1) is 60.7. The normalized spacial score (nSPS) is 11.7. The van der Waals surface area contributed by atoms with Gasteiger partial charge in [0.05, 0.1) is 11.4 Å². The summed E-state index contributed by atoms with van der Waals surface area (Å²) in [4.78, 5) is 9.56. The lowest BCUT2D eigenvalue weighted by atomic mass is 9.85. The number of nitrogens with zero attached hydrogens (tertiary/aromatic N) is 4. The Kier molecular flexibility index (Phi) is 16.0. The van der Waals surface area contributed by atoms with Crippen molar-refractivity contribution in [3.63, 3.8) is 0 Å². The van der Waals surface area contributed by atoms with Gasteiger partial charge < -0.3 is 19.6 Å². The van der Waals surface area contributed by atoms with E-state index in [1.165, 1.54) is 87.2 Å². The summed E-state index contributed by atoms with van der Waals surface area (Å²) in [6, 6.07) is 116. The molecule has 0 aromatic heterocycles. The smallest absolute Gasteiger partial charge is 0.0619 e. The monoisotopic (exact) mass is 1260 g/mol. The zero-order valence-electron chi connectivity index (χ0n) is 56.1. The average Bonchev–Trinajstić information content (AvgIpc) is 0.695. The Hall–Kier alpha value is -12.2. The first-order valence-corrected chi connectivity index (χ1v) is 33.9. The standard InChI is InChI=1S/C94H74N4/c1-63-17-41-73(42-18-63)95(74-43-19-64(2)20-44-74)77-53-33-69(34-54-77)29-31-71-37-57-80(58-38-71)97(79-49-25-67(5)26-50-79)90-62-61-88-91-83(13-9-15-87(90)91)84-14-10-16-89-93(84)92(88)85-11-7-8-12-86(85)94(89)98(81-51-27-68(6)28-52-81)82-59-39-72(40-60-82)32-30-70-35-55-78(56-36-70)96(75-45-21-65(3)22-46-75)76-47-23-66(4)24-48-76/h7-62H,1-6H3. The van der Waals surface area contributed by atoms with Crippen LogP contribution in [0.25, 0.3) is 78.2 Å². The molecule has 16 rings (SSSR count). The highest BCUT2D eigenvalue weighted by Crippen LogP contribution is 2.53. The third-order valence-electron chi connectivity index (χ3n) is 19.4. The molecular formula is C94H74N4. The van der Waals surface area contributed by atoms with E-state index in [1.54, 1.807) is 0 Å². The van der Waals surface area contributed by atoms with Gasteiger partial charge in [0.25, 0.3) is 0 Å². The lowest BCUT2D eigenvalue weighted by molar-refractivity contribution is 1.27. The third-order valence-corrected chi connectivity index (χ3v) is 19.4. The molecule has 0 N–H and O–H groups in total. The molecule has 16 aromatic rings. The minimum absolute atomic E-state index is 1.09. The fraction of sp³-hybridized carbons (Fsp3) is 0.0638. The van der Waals surface area contributed by atoms with Crippen LogP contribution in [-0.4, -0.2) is 0 Å². The van der Waals surface area contributed by atoms with Gasteiger partial charge >= 0.3 is 0 Å². The highest BCUT2D eigenvalue weighted by Gasteiger charge is 2.26. The number of hydrogen-bond donors (Lipinski definition) is 0. The van der Waals surface area contributed by atoms with Crippen molar-refractivity contribution in [1.82, 2.24) is 0 Å².